The lowest BCUT2D eigenvalue weighted by Crippen LogP contribution is -2.41. The molecule has 1 aliphatic heterocycles. The predicted molar refractivity (Wildman–Crippen MR) is 70.7 cm³/mol. The van der Waals surface area contributed by atoms with Crippen molar-refractivity contribution in [3.05, 3.63) is 11.8 Å². The normalized spacial score (nSPS) is 16.0. The summed E-state index contributed by atoms with van der Waals surface area (Å²) < 4.78 is 4.41. The van der Waals surface area contributed by atoms with Crippen LogP contribution < -0.4 is 5.32 Å². The highest BCUT2D eigenvalue weighted by atomic mass is 16.5. The number of hydrogen-bond donors (Lipinski definition) is 2. The number of nitrogens with one attached hydrogen (secondary N) is 1. The molecule has 0 atom stereocenters. The largest absolute Gasteiger partial charge is 0.481 e. The summed E-state index contributed by atoms with van der Waals surface area (Å²) in [6.45, 7) is 0.452. The molecule has 1 fully saturated rings. The van der Waals surface area contributed by atoms with Crippen LogP contribution in [0.15, 0.2) is 11.8 Å². The van der Waals surface area contributed by atoms with Gasteiger partial charge in [-0.15, -0.1) is 0 Å². The number of nitriles is 1. The second-order valence-corrected chi connectivity index (χ2v) is 4.53. The van der Waals surface area contributed by atoms with Crippen molar-refractivity contribution in [3.63, 3.8) is 0 Å². The number of aliphatic carboxylic acids is 1. The molecule has 114 valence electrons. The van der Waals surface area contributed by atoms with Crippen molar-refractivity contribution in [2.75, 3.05) is 26.7 Å². The van der Waals surface area contributed by atoms with Gasteiger partial charge in [0, 0.05) is 19.3 Å². The third kappa shape index (κ3) is 4.80. The first-order valence-electron chi connectivity index (χ1n) is 6.42. The molecule has 0 aromatic rings. The van der Waals surface area contributed by atoms with Crippen LogP contribution in [0, 0.1) is 17.2 Å². The highest BCUT2D eigenvalue weighted by Gasteiger charge is 2.28. The Bertz CT molecular complexity index is 487. The highest BCUT2D eigenvalue weighted by Crippen LogP contribution is 2.18. The zero-order valence-corrected chi connectivity index (χ0v) is 11.7. The standard InChI is InChI=1S/C13H17N3O5/c1-21-11(17)8-15-7-10(6-14)12(18)16-4-2-9(3-5-16)13(19)20/h7,9,15H,2-5,8H2,1H3,(H,19,20)/b10-7-. The summed E-state index contributed by atoms with van der Waals surface area (Å²) in [5.41, 5.74) is -0.132. The van der Waals surface area contributed by atoms with Gasteiger partial charge in [0.15, 0.2) is 0 Å². The maximum atomic E-state index is 12.1. The van der Waals surface area contributed by atoms with Crippen LogP contribution in [-0.2, 0) is 19.1 Å². The molecule has 0 aromatic carbocycles. The second-order valence-electron chi connectivity index (χ2n) is 4.53. The van der Waals surface area contributed by atoms with E-state index in [1.54, 1.807) is 6.07 Å². The predicted octanol–water partition coefficient (Wildman–Crippen LogP) is -0.520. The van der Waals surface area contributed by atoms with Gasteiger partial charge in [-0.25, -0.2) is 0 Å². The van der Waals surface area contributed by atoms with Crippen LogP contribution in [0.5, 0.6) is 0 Å². The second kappa shape index (κ2) is 7.89. The van der Waals surface area contributed by atoms with E-state index in [0.29, 0.717) is 25.9 Å². The van der Waals surface area contributed by atoms with E-state index in [0.717, 1.165) is 0 Å². The van der Waals surface area contributed by atoms with Gasteiger partial charge in [-0.1, -0.05) is 0 Å². The van der Waals surface area contributed by atoms with Gasteiger partial charge in [0.1, 0.15) is 18.2 Å². The summed E-state index contributed by atoms with van der Waals surface area (Å²) >= 11 is 0. The summed E-state index contributed by atoms with van der Waals surface area (Å²) in [5, 5.41) is 20.4. The number of methoxy groups -OCH3 is 1. The lowest BCUT2D eigenvalue weighted by molar-refractivity contribution is -0.145. The van der Waals surface area contributed by atoms with Crippen LogP contribution in [-0.4, -0.2) is 54.6 Å². The Balaban J connectivity index is 2.56. The summed E-state index contributed by atoms with van der Waals surface area (Å²) in [7, 11) is 1.23. The molecule has 1 heterocycles. The van der Waals surface area contributed by atoms with E-state index in [1.165, 1.54) is 18.2 Å². The number of carbonyl (C=O) groups is 3. The SMILES string of the molecule is COC(=O)CN/C=C(/C#N)C(=O)N1CCC(C(=O)O)CC1. The van der Waals surface area contributed by atoms with Gasteiger partial charge in [0.2, 0.25) is 0 Å². The molecule has 1 aliphatic rings. The number of ether oxygens (including phenoxy) is 1. The van der Waals surface area contributed by atoms with Crippen molar-refractivity contribution in [2.45, 2.75) is 12.8 Å². The zero-order chi connectivity index (χ0) is 15.8. The van der Waals surface area contributed by atoms with E-state index in [1.807, 2.05) is 0 Å². The van der Waals surface area contributed by atoms with Crippen molar-refractivity contribution < 1.29 is 24.2 Å². The third-order valence-electron chi connectivity index (χ3n) is 3.20. The van der Waals surface area contributed by atoms with Crippen LogP contribution in [0.1, 0.15) is 12.8 Å². The molecule has 1 amide bonds. The molecule has 0 aromatic heterocycles. The highest BCUT2D eigenvalue weighted by molar-refractivity contribution is 5.97. The minimum atomic E-state index is -0.863. The first-order valence-corrected chi connectivity index (χ1v) is 6.42. The Hall–Kier alpha value is -2.56. The van der Waals surface area contributed by atoms with Crippen LogP contribution in [0.2, 0.25) is 0 Å². The molecule has 0 aliphatic carbocycles. The Morgan fingerprint density at radius 3 is 2.52 bits per heavy atom. The Kier molecular flexibility index (Phi) is 6.20. The quantitative estimate of drug-likeness (QED) is 0.398. The fourth-order valence-corrected chi connectivity index (χ4v) is 1.95. The number of hydrogen-bond acceptors (Lipinski definition) is 6. The molecule has 1 saturated heterocycles. The summed E-state index contributed by atoms with van der Waals surface area (Å²) in [4.78, 5) is 35.3. The summed E-state index contributed by atoms with van der Waals surface area (Å²) in [6.07, 6.45) is 1.91. The van der Waals surface area contributed by atoms with E-state index in [2.05, 4.69) is 10.1 Å². The monoisotopic (exact) mass is 295 g/mol. The smallest absolute Gasteiger partial charge is 0.325 e. The van der Waals surface area contributed by atoms with Crippen molar-refractivity contribution in [2.24, 2.45) is 5.92 Å². The summed E-state index contributed by atoms with van der Waals surface area (Å²) in [6, 6.07) is 1.76. The lowest BCUT2D eigenvalue weighted by Gasteiger charge is -2.29. The molecule has 21 heavy (non-hydrogen) atoms. The molecule has 8 heteroatoms. The maximum Gasteiger partial charge on any atom is 0.325 e. The van der Waals surface area contributed by atoms with Crippen molar-refractivity contribution >= 4 is 17.8 Å². The fourth-order valence-electron chi connectivity index (χ4n) is 1.95. The average Bonchev–Trinajstić information content (AvgIpc) is 2.50. The van der Waals surface area contributed by atoms with Crippen LogP contribution >= 0.6 is 0 Å². The van der Waals surface area contributed by atoms with E-state index < -0.39 is 23.8 Å². The topological polar surface area (TPSA) is 120 Å². The Morgan fingerprint density at radius 2 is 2.05 bits per heavy atom. The van der Waals surface area contributed by atoms with E-state index in [4.69, 9.17) is 10.4 Å². The third-order valence-corrected chi connectivity index (χ3v) is 3.20. The minimum absolute atomic E-state index is 0.132. The van der Waals surface area contributed by atoms with Gasteiger partial charge in [-0.05, 0) is 12.8 Å². The van der Waals surface area contributed by atoms with Gasteiger partial charge < -0.3 is 20.1 Å². The molecule has 2 N–H and O–H groups in total. The van der Waals surface area contributed by atoms with E-state index in [-0.39, 0.29) is 12.1 Å². The molecule has 0 radical (unpaired) electrons. The molecular weight excluding hydrogens is 278 g/mol. The molecule has 0 unspecified atom stereocenters. The molecular formula is C13H17N3O5. The number of esters is 1. The lowest BCUT2D eigenvalue weighted by atomic mass is 9.97. The first kappa shape index (κ1) is 16.5. The van der Waals surface area contributed by atoms with Crippen molar-refractivity contribution in [1.29, 1.82) is 5.26 Å². The van der Waals surface area contributed by atoms with Gasteiger partial charge in [-0.3, -0.25) is 14.4 Å². The average molecular weight is 295 g/mol. The van der Waals surface area contributed by atoms with E-state index >= 15 is 0 Å². The molecule has 0 spiro atoms. The van der Waals surface area contributed by atoms with Crippen LogP contribution in [0.25, 0.3) is 0 Å². The first-order chi connectivity index (χ1) is 9.99. The number of nitrogens with zero attached hydrogens (tertiary/aromatic N) is 2. The maximum absolute atomic E-state index is 12.1. The Morgan fingerprint density at radius 1 is 1.43 bits per heavy atom. The van der Waals surface area contributed by atoms with Crippen LogP contribution in [0.4, 0.5) is 0 Å². The van der Waals surface area contributed by atoms with E-state index in [9.17, 15) is 14.4 Å². The number of carbonyl (C=O) groups excluding carboxylic acids is 2. The van der Waals surface area contributed by atoms with Gasteiger partial charge >= 0.3 is 11.9 Å². The summed E-state index contributed by atoms with van der Waals surface area (Å²) in [5.74, 6) is -2.30. The number of amides is 1. The fraction of sp³-hybridized carbons (Fsp3) is 0.538. The molecule has 0 saturated carbocycles. The molecule has 8 nitrogen and oxygen atoms in total. The zero-order valence-electron chi connectivity index (χ0n) is 11.7. The number of likely N-dealkylation sites (tertiary alicyclic amines) is 1. The van der Waals surface area contributed by atoms with Crippen molar-refractivity contribution in [1.82, 2.24) is 10.2 Å². The molecule has 1 rings (SSSR count). The minimum Gasteiger partial charge on any atom is -0.481 e. The number of carboxylic acids is 1. The van der Waals surface area contributed by atoms with Crippen molar-refractivity contribution in [3.8, 4) is 6.07 Å². The van der Waals surface area contributed by atoms with Crippen LogP contribution in [0.3, 0.4) is 0 Å². The Labute approximate surface area is 122 Å². The number of rotatable bonds is 5. The van der Waals surface area contributed by atoms with Gasteiger partial charge in [-0.2, -0.15) is 5.26 Å². The molecule has 0 bridgehead atoms. The van der Waals surface area contributed by atoms with Gasteiger partial charge in [0.25, 0.3) is 5.91 Å². The number of carboxylic acid groups (broad SMARTS) is 1. The number of piperidine rings is 1. The van der Waals surface area contributed by atoms with Gasteiger partial charge in [0.05, 0.1) is 13.0 Å².